The highest BCUT2D eigenvalue weighted by Gasteiger charge is 2.23. The molecule has 8 heteroatoms. The molecule has 0 fully saturated rings. The molecule has 1 aromatic heterocycles. The van der Waals surface area contributed by atoms with Gasteiger partial charge in [0.1, 0.15) is 17.1 Å². The van der Waals surface area contributed by atoms with Crippen molar-refractivity contribution in [3.63, 3.8) is 0 Å². The van der Waals surface area contributed by atoms with Crippen LogP contribution in [0, 0.1) is 0 Å². The fourth-order valence-electron chi connectivity index (χ4n) is 3.41. The number of carbonyl (C=O) groups excluding carboxylic acids is 1. The van der Waals surface area contributed by atoms with Gasteiger partial charge in [-0.25, -0.2) is 8.42 Å². The summed E-state index contributed by atoms with van der Waals surface area (Å²) in [5.41, 5.74) is 7.52. The largest absolute Gasteiger partial charge is 0.494 e. The van der Waals surface area contributed by atoms with Crippen LogP contribution in [0.1, 0.15) is 47.9 Å². The van der Waals surface area contributed by atoms with Crippen LogP contribution < -0.4 is 14.8 Å². The first-order chi connectivity index (χ1) is 15.3. The highest BCUT2D eigenvalue weighted by Crippen LogP contribution is 2.33. The quantitative estimate of drug-likeness (QED) is 0.342. The van der Waals surface area contributed by atoms with Gasteiger partial charge in [0.05, 0.1) is 24.1 Å². The maximum atomic E-state index is 13.5. The van der Waals surface area contributed by atoms with Gasteiger partial charge in [0.2, 0.25) is 10.0 Å². The van der Waals surface area contributed by atoms with Crippen LogP contribution in [0.2, 0.25) is 0 Å². The highest BCUT2D eigenvalue weighted by molar-refractivity contribution is 7.92. The van der Waals surface area contributed by atoms with E-state index in [9.17, 15) is 13.2 Å². The van der Waals surface area contributed by atoms with Gasteiger partial charge in [-0.15, -0.1) is 0 Å². The van der Waals surface area contributed by atoms with Gasteiger partial charge in [-0.05, 0) is 61.9 Å². The maximum absolute atomic E-state index is 13.5. The van der Waals surface area contributed by atoms with Crippen molar-refractivity contribution in [3.05, 3.63) is 59.4 Å². The number of hydrogen-bond acceptors (Lipinski definition) is 6. The van der Waals surface area contributed by atoms with Gasteiger partial charge >= 0.3 is 0 Å². The molecule has 2 aromatic carbocycles. The molecule has 0 amide bonds. The fourth-order valence-corrected chi connectivity index (χ4v) is 3.90. The molecule has 0 radical (unpaired) electrons. The summed E-state index contributed by atoms with van der Waals surface area (Å²) >= 11 is 0. The molecule has 3 rings (SSSR count). The Balaban J connectivity index is 2.02. The fraction of sp³-hybridized carbons (Fsp3) is 0.375. The number of sulfonamides is 1. The van der Waals surface area contributed by atoms with Gasteiger partial charge in [0.25, 0.3) is 0 Å². The van der Waals surface area contributed by atoms with Gasteiger partial charge in [0, 0.05) is 24.4 Å². The van der Waals surface area contributed by atoms with E-state index in [-0.39, 0.29) is 5.78 Å². The Bertz CT molecular complexity index is 1180. The second-order valence-electron chi connectivity index (χ2n) is 7.76. The van der Waals surface area contributed by atoms with Crippen molar-refractivity contribution in [2.24, 2.45) is 5.73 Å². The second-order valence-corrected chi connectivity index (χ2v) is 9.77. The van der Waals surface area contributed by atoms with E-state index in [1.807, 2.05) is 0 Å². The molecule has 1 heterocycles. The maximum Gasteiger partial charge on any atom is 0.231 e. The lowest BCUT2D eigenvalue weighted by atomic mass is 9.98. The smallest absolute Gasteiger partial charge is 0.231 e. The Labute approximate surface area is 189 Å². The Morgan fingerprint density at radius 3 is 2.47 bits per heavy atom. The molecule has 172 valence electrons. The number of nitrogens with zero attached hydrogens (tertiary/aromatic N) is 1. The van der Waals surface area contributed by atoms with Crippen LogP contribution in [0.15, 0.2) is 46.9 Å². The minimum atomic E-state index is -3.44. The standard InChI is InChI=1S/C24H30N2O5S/c1-4-5-7-22-23(24(27)17-8-11-19(12-9-17)30-15-6-14-25)20-16-18(10-13-21(20)31-22)26(2)32(3,28)29/h8-13,16H,4-7,14-15,25H2,1-3H3. The van der Waals surface area contributed by atoms with Crippen molar-refractivity contribution in [2.45, 2.75) is 32.6 Å². The average Bonchev–Trinajstić information content (AvgIpc) is 3.14. The number of carbonyl (C=O) groups is 1. The summed E-state index contributed by atoms with van der Waals surface area (Å²) in [4.78, 5) is 13.5. The molecule has 0 unspecified atom stereocenters. The van der Waals surface area contributed by atoms with E-state index in [0.717, 1.165) is 25.5 Å². The van der Waals surface area contributed by atoms with E-state index in [4.69, 9.17) is 14.9 Å². The molecule has 0 bridgehead atoms. The van der Waals surface area contributed by atoms with Crippen LogP contribution in [0.25, 0.3) is 11.0 Å². The second kappa shape index (κ2) is 10.2. The summed E-state index contributed by atoms with van der Waals surface area (Å²) in [5.74, 6) is 1.13. The molecule has 2 N–H and O–H groups in total. The Morgan fingerprint density at radius 2 is 1.84 bits per heavy atom. The van der Waals surface area contributed by atoms with E-state index < -0.39 is 10.0 Å². The third kappa shape index (κ3) is 5.31. The molecule has 3 aromatic rings. The molecular formula is C24H30N2O5S. The number of fused-ring (bicyclic) bond motifs is 1. The Kier molecular flexibility index (Phi) is 7.58. The molecule has 0 aliphatic carbocycles. The lowest BCUT2D eigenvalue weighted by Crippen LogP contribution is -2.24. The van der Waals surface area contributed by atoms with Crippen LogP contribution in [-0.4, -0.2) is 40.7 Å². The zero-order valence-electron chi connectivity index (χ0n) is 18.8. The van der Waals surface area contributed by atoms with Crippen molar-refractivity contribution < 1.29 is 22.4 Å². The number of benzene rings is 2. The van der Waals surface area contributed by atoms with E-state index >= 15 is 0 Å². The van der Waals surface area contributed by atoms with Gasteiger partial charge in [0.15, 0.2) is 5.78 Å². The Hall–Kier alpha value is -2.84. The number of furan rings is 1. The van der Waals surface area contributed by atoms with Gasteiger partial charge in [-0.2, -0.15) is 0 Å². The van der Waals surface area contributed by atoms with Crippen molar-refractivity contribution >= 4 is 32.5 Å². The van der Waals surface area contributed by atoms with Crippen LogP contribution in [-0.2, 0) is 16.4 Å². The number of hydrogen-bond donors (Lipinski definition) is 1. The normalized spacial score (nSPS) is 11.6. The molecule has 32 heavy (non-hydrogen) atoms. The molecule has 0 aliphatic heterocycles. The van der Waals surface area contributed by atoms with Crippen LogP contribution in [0.3, 0.4) is 0 Å². The molecule has 0 atom stereocenters. The predicted octanol–water partition coefficient (Wildman–Crippen LogP) is 4.13. The van der Waals surface area contributed by atoms with Crippen LogP contribution in [0.5, 0.6) is 5.75 Å². The number of unbranched alkanes of at least 4 members (excludes halogenated alkanes) is 1. The zero-order chi connectivity index (χ0) is 23.3. The van der Waals surface area contributed by atoms with Crippen LogP contribution in [0.4, 0.5) is 5.69 Å². The van der Waals surface area contributed by atoms with Crippen molar-refractivity contribution in [1.29, 1.82) is 0 Å². The third-order valence-corrected chi connectivity index (χ3v) is 6.53. The van der Waals surface area contributed by atoms with Gasteiger partial charge in [-0.3, -0.25) is 9.10 Å². The van der Waals surface area contributed by atoms with E-state index in [2.05, 4.69) is 6.92 Å². The summed E-state index contributed by atoms with van der Waals surface area (Å²) < 4.78 is 36.8. The number of rotatable bonds is 11. The topological polar surface area (TPSA) is 103 Å². The molecular weight excluding hydrogens is 428 g/mol. The summed E-state index contributed by atoms with van der Waals surface area (Å²) in [6.45, 7) is 3.15. The monoisotopic (exact) mass is 458 g/mol. The molecule has 0 saturated carbocycles. The molecule has 0 aliphatic rings. The lowest BCUT2D eigenvalue weighted by Gasteiger charge is -2.16. The van der Waals surface area contributed by atoms with E-state index in [1.165, 1.54) is 11.4 Å². The summed E-state index contributed by atoms with van der Waals surface area (Å²) in [6, 6.07) is 12.1. The summed E-state index contributed by atoms with van der Waals surface area (Å²) in [6.07, 6.45) is 4.37. The lowest BCUT2D eigenvalue weighted by molar-refractivity contribution is 0.103. The first-order valence-corrected chi connectivity index (χ1v) is 12.6. The first-order valence-electron chi connectivity index (χ1n) is 10.7. The highest BCUT2D eigenvalue weighted by atomic mass is 32.2. The number of ketones is 1. The van der Waals surface area contributed by atoms with Gasteiger partial charge in [-0.1, -0.05) is 13.3 Å². The molecule has 7 nitrogen and oxygen atoms in total. The first kappa shape index (κ1) is 23.8. The minimum absolute atomic E-state index is 0.164. The van der Waals surface area contributed by atoms with Crippen molar-refractivity contribution in [3.8, 4) is 5.75 Å². The Morgan fingerprint density at radius 1 is 1.12 bits per heavy atom. The van der Waals surface area contributed by atoms with Crippen LogP contribution >= 0.6 is 0 Å². The number of aryl methyl sites for hydroxylation is 1. The summed E-state index contributed by atoms with van der Waals surface area (Å²) in [5, 5.41) is 0.609. The average molecular weight is 459 g/mol. The third-order valence-electron chi connectivity index (χ3n) is 5.32. The minimum Gasteiger partial charge on any atom is -0.494 e. The number of nitrogens with two attached hydrogens (primary N) is 1. The summed E-state index contributed by atoms with van der Waals surface area (Å²) in [7, 11) is -1.95. The number of anilines is 1. The zero-order valence-corrected chi connectivity index (χ0v) is 19.6. The SMILES string of the molecule is CCCCc1oc2ccc(N(C)S(C)(=O)=O)cc2c1C(=O)c1ccc(OCCCN)cc1. The van der Waals surface area contributed by atoms with Gasteiger partial charge < -0.3 is 14.9 Å². The van der Waals surface area contributed by atoms with Crippen molar-refractivity contribution in [1.82, 2.24) is 0 Å². The predicted molar refractivity (Wildman–Crippen MR) is 127 cm³/mol. The molecule has 0 spiro atoms. The van der Waals surface area contributed by atoms with Crippen molar-refractivity contribution in [2.75, 3.05) is 30.8 Å². The van der Waals surface area contributed by atoms with E-state index in [0.29, 0.717) is 58.9 Å². The number of ether oxygens (including phenoxy) is 1. The molecule has 0 saturated heterocycles. The van der Waals surface area contributed by atoms with E-state index in [1.54, 1.807) is 42.5 Å².